The van der Waals surface area contributed by atoms with Gasteiger partial charge in [-0.3, -0.25) is 0 Å². The largest absolute Gasteiger partial charge is 0.490 e. The lowest BCUT2D eigenvalue weighted by Gasteiger charge is -2.19. The topological polar surface area (TPSA) is 47.1 Å². The van der Waals surface area contributed by atoms with E-state index in [9.17, 15) is 0 Å². The maximum absolute atomic E-state index is 6.10. The number of aromatic amines is 1. The minimum absolute atomic E-state index is 0.147. The van der Waals surface area contributed by atoms with Gasteiger partial charge in [-0.15, -0.1) is 0 Å². The number of H-pyrrole nitrogens is 1. The summed E-state index contributed by atoms with van der Waals surface area (Å²) >= 11 is 0. The summed E-state index contributed by atoms with van der Waals surface area (Å²) in [4.78, 5) is 8.05. The number of rotatable bonds is 6. The van der Waals surface area contributed by atoms with Gasteiger partial charge in [-0.2, -0.15) is 0 Å². The summed E-state index contributed by atoms with van der Waals surface area (Å²) < 4.78 is 12.0. The van der Waals surface area contributed by atoms with Crippen LogP contribution in [0.15, 0.2) is 66.7 Å². The Kier molecular flexibility index (Phi) is 5.49. The van der Waals surface area contributed by atoms with Crippen molar-refractivity contribution in [3.63, 3.8) is 0 Å². The van der Waals surface area contributed by atoms with Crippen molar-refractivity contribution in [1.82, 2.24) is 9.97 Å². The van der Waals surface area contributed by atoms with Crippen LogP contribution in [0.2, 0.25) is 0 Å². The van der Waals surface area contributed by atoms with Crippen molar-refractivity contribution in [3.8, 4) is 22.9 Å². The molecular formula is C26H28N2O2. The van der Waals surface area contributed by atoms with Gasteiger partial charge in [0.05, 0.1) is 17.6 Å². The summed E-state index contributed by atoms with van der Waals surface area (Å²) in [5.74, 6) is 2.28. The van der Waals surface area contributed by atoms with E-state index in [0.717, 1.165) is 39.5 Å². The monoisotopic (exact) mass is 400 g/mol. The van der Waals surface area contributed by atoms with Gasteiger partial charge in [-0.25, -0.2) is 4.98 Å². The third-order valence-corrected chi connectivity index (χ3v) is 5.12. The molecule has 0 aliphatic carbocycles. The predicted molar refractivity (Wildman–Crippen MR) is 122 cm³/mol. The number of ether oxygens (including phenoxy) is 2. The van der Waals surface area contributed by atoms with E-state index in [2.05, 4.69) is 55.0 Å². The number of nitrogens with one attached hydrogen (secondary N) is 1. The summed E-state index contributed by atoms with van der Waals surface area (Å²) in [6.45, 7) is 9.70. The third-order valence-electron chi connectivity index (χ3n) is 5.12. The number of imidazole rings is 1. The zero-order valence-electron chi connectivity index (χ0n) is 18.0. The van der Waals surface area contributed by atoms with E-state index in [1.54, 1.807) is 0 Å². The number of nitrogens with zero attached hydrogens (tertiary/aromatic N) is 1. The average Bonchev–Trinajstić information content (AvgIpc) is 3.17. The standard InChI is InChI=1S/C26H28N2O2/c1-5-29-24-16-19(25-27-21-8-6-7-9-22(21)28-25)12-15-23(24)30-17-18-10-13-20(14-11-18)26(2,3)4/h6-16H,5,17H2,1-4H3,(H,27,28). The first-order chi connectivity index (χ1) is 14.4. The maximum Gasteiger partial charge on any atom is 0.161 e. The van der Waals surface area contributed by atoms with Crippen LogP contribution < -0.4 is 9.47 Å². The molecule has 4 rings (SSSR count). The van der Waals surface area contributed by atoms with E-state index in [1.807, 2.05) is 49.4 Å². The van der Waals surface area contributed by atoms with Gasteiger partial charge in [0.25, 0.3) is 0 Å². The van der Waals surface area contributed by atoms with Gasteiger partial charge in [-0.05, 0) is 53.8 Å². The molecule has 4 aromatic rings. The van der Waals surface area contributed by atoms with Gasteiger partial charge < -0.3 is 14.5 Å². The third kappa shape index (κ3) is 4.33. The Morgan fingerprint density at radius 1 is 0.867 bits per heavy atom. The Bertz CT molecular complexity index is 1100. The predicted octanol–water partition coefficient (Wildman–Crippen LogP) is 6.51. The fraction of sp³-hybridized carbons (Fsp3) is 0.269. The van der Waals surface area contributed by atoms with Crippen LogP contribution in [-0.2, 0) is 12.0 Å². The Morgan fingerprint density at radius 2 is 1.63 bits per heavy atom. The van der Waals surface area contributed by atoms with E-state index in [-0.39, 0.29) is 5.41 Å². The average molecular weight is 401 g/mol. The van der Waals surface area contributed by atoms with Crippen LogP contribution in [0.1, 0.15) is 38.8 Å². The Hall–Kier alpha value is -3.27. The molecular weight excluding hydrogens is 372 g/mol. The molecule has 3 aromatic carbocycles. The van der Waals surface area contributed by atoms with Crippen molar-refractivity contribution in [3.05, 3.63) is 77.9 Å². The number of aromatic nitrogens is 2. The van der Waals surface area contributed by atoms with Crippen molar-refractivity contribution in [2.45, 2.75) is 39.7 Å². The molecule has 0 aliphatic heterocycles. The highest BCUT2D eigenvalue weighted by Crippen LogP contribution is 2.33. The fourth-order valence-electron chi connectivity index (χ4n) is 3.39. The zero-order valence-corrected chi connectivity index (χ0v) is 18.0. The van der Waals surface area contributed by atoms with Crippen molar-refractivity contribution >= 4 is 11.0 Å². The molecule has 4 nitrogen and oxygen atoms in total. The number of hydrogen-bond donors (Lipinski definition) is 1. The summed E-state index contributed by atoms with van der Waals surface area (Å²) in [5, 5.41) is 0. The molecule has 154 valence electrons. The molecule has 0 fully saturated rings. The molecule has 0 atom stereocenters. The normalized spacial score (nSPS) is 11.6. The molecule has 0 unspecified atom stereocenters. The molecule has 1 aromatic heterocycles. The van der Waals surface area contributed by atoms with Crippen LogP contribution in [0.3, 0.4) is 0 Å². The molecule has 1 N–H and O–H groups in total. The summed E-state index contributed by atoms with van der Waals surface area (Å²) in [7, 11) is 0. The fourth-order valence-corrected chi connectivity index (χ4v) is 3.39. The van der Waals surface area contributed by atoms with Crippen molar-refractivity contribution in [2.24, 2.45) is 0 Å². The lowest BCUT2D eigenvalue weighted by molar-refractivity contribution is 0.269. The van der Waals surface area contributed by atoms with E-state index in [1.165, 1.54) is 5.56 Å². The van der Waals surface area contributed by atoms with Crippen molar-refractivity contribution < 1.29 is 9.47 Å². The molecule has 0 spiro atoms. The van der Waals surface area contributed by atoms with Gasteiger partial charge in [0, 0.05) is 5.56 Å². The Balaban J connectivity index is 1.54. The second kappa shape index (κ2) is 8.23. The molecule has 0 aliphatic rings. The quantitative estimate of drug-likeness (QED) is 0.401. The lowest BCUT2D eigenvalue weighted by Crippen LogP contribution is -2.10. The zero-order chi connectivity index (χ0) is 21.1. The molecule has 0 saturated carbocycles. The molecule has 30 heavy (non-hydrogen) atoms. The molecule has 0 bridgehead atoms. The van der Waals surface area contributed by atoms with Gasteiger partial charge in [-0.1, -0.05) is 57.2 Å². The van der Waals surface area contributed by atoms with Crippen molar-refractivity contribution in [2.75, 3.05) is 6.61 Å². The highest BCUT2D eigenvalue weighted by atomic mass is 16.5. The number of para-hydroxylation sites is 2. The molecule has 0 amide bonds. The first-order valence-electron chi connectivity index (χ1n) is 10.4. The van der Waals surface area contributed by atoms with E-state index in [4.69, 9.17) is 9.47 Å². The Labute approximate surface area is 177 Å². The summed E-state index contributed by atoms with van der Waals surface area (Å²) in [5.41, 5.74) is 5.53. The molecule has 0 radical (unpaired) electrons. The first kappa shape index (κ1) is 20.0. The van der Waals surface area contributed by atoms with Crippen LogP contribution >= 0.6 is 0 Å². The van der Waals surface area contributed by atoms with Crippen LogP contribution in [0, 0.1) is 0 Å². The SMILES string of the molecule is CCOc1cc(-c2nc3ccccc3[nH]2)ccc1OCc1ccc(C(C)(C)C)cc1. The summed E-state index contributed by atoms with van der Waals surface area (Å²) in [6, 6.07) is 22.6. The summed E-state index contributed by atoms with van der Waals surface area (Å²) in [6.07, 6.45) is 0. The molecule has 1 heterocycles. The number of benzene rings is 3. The van der Waals surface area contributed by atoms with E-state index in [0.29, 0.717) is 13.2 Å². The Morgan fingerprint density at radius 3 is 2.33 bits per heavy atom. The molecule has 0 saturated heterocycles. The number of hydrogen-bond acceptors (Lipinski definition) is 3. The first-order valence-corrected chi connectivity index (χ1v) is 10.4. The van der Waals surface area contributed by atoms with Crippen LogP contribution in [-0.4, -0.2) is 16.6 Å². The van der Waals surface area contributed by atoms with Crippen LogP contribution in [0.25, 0.3) is 22.4 Å². The minimum atomic E-state index is 0.147. The van der Waals surface area contributed by atoms with Gasteiger partial charge in [0.2, 0.25) is 0 Å². The maximum atomic E-state index is 6.10. The lowest BCUT2D eigenvalue weighted by atomic mass is 9.87. The number of fused-ring (bicyclic) bond motifs is 1. The van der Waals surface area contributed by atoms with E-state index < -0.39 is 0 Å². The van der Waals surface area contributed by atoms with Crippen molar-refractivity contribution in [1.29, 1.82) is 0 Å². The second-order valence-electron chi connectivity index (χ2n) is 8.43. The second-order valence-corrected chi connectivity index (χ2v) is 8.43. The highest BCUT2D eigenvalue weighted by Gasteiger charge is 2.14. The van der Waals surface area contributed by atoms with Gasteiger partial charge in [0.1, 0.15) is 12.4 Å². The smallest absolute Gasteiger partial charge is 0.161 e. The highest BCUT2D eigenvalue weighted by molar-refractivity contribution is 5.79. The minimum Gasteiger partial charge on any atom is -0.490 e. The van der Waals surface area contributed by atoms with Crippen LogP contribution in [0.5, 0.6) is 11.5 Å². The van der Waals surface area contributed by atoms with Gasteiger partial charge >= 0.3 is 0 Å². The van der Waals surface area contributed by atoms with E-state index >= 15 is 0 Å². The van der Waals surface area contributed by atoms with Gasteiger partial charge in [0.15, 0.2) is 11.5 Å². The molecule has 4 heteroatoms. The van der Waals surface area contributed by atoms with Crippen LogP contribution in [0.4, 0.5) is 0 Å².